The van der Waals surface area contributed by atoms with E-state index < -0.39 is 0 Å². The van der Waals surface area contributed by atoms with E-state index in [0.717, 1.165) is 13.1 Å². The number of fused-ring (bicyclic) bond motifs is 1. The number of hydrogen-bond acceptors (Lipinski definition) is 2. The average molecular weight is 392 g/mol. The highest BCUT2D eigenvalue weighted by Gasteiger charge is 2.19. The molecule has 3 nitrogen and oxygen atoms in total. The minimum atomic E-state index is 0.248. The Balaban J connectivity index is 1.47. The van der Waals surface area contributed by atoms with Gasteiger partial charge in [0.15, 0.2) is 5.11 Å². The molecule has 0 aliphatic carbocycles. The molecule has 0 bridgehead atoms. The second-order valence-corrected chi connectivity index (χ2v) is 7.79. The van der Waals surface area contributed by atoms with Crippen molar-refractivity contribution in [3.63, 3.8) is 0 Å². The number of thiophene rings is 1. The van der Waals surface area contributed by atoms with Crippen molar-refractivity contribution < 1.29 is 0 Å². The summed E-state index contributed by atoms with van der Waals surface area (Å²) in [7, 11) is 0. The van der Waals surface area contributed by atoms with Gasteiger partial charge in [0, 0.05) is 41.0 Å². The highest BCUT2D eigenvalue weighted by molar-refractivity contribution is 7.80. The van der Waals surface area contributed by atoms with Crippen LogP contribution in [0.15, 0.2) is 78.3 Å². The van der Waals surface area contributed by atoms with Gasteiger partial charge in [-0.2, -0.15) is 0 Å². The fourth-order valence-corrected chi connectivity index (χ4v) is 4.27. The molecule has 3 N–H and O–H groups in total. The molecule has 2 aromatic carbocycles. The Labute approximate surface area is 168 Å². The van der Waals surface area contributed by atoms with Crippen LogP contribution in [0.4, 0.5) is 0 Å². The predicted octanol–water partition coefficient (Wildman–Crippen LogP) is 5.03. The summed E-state index contributed by atoms with van der Waals surface area (Å²) in [4.78, 5) is 4.72. The molecular formula is C22H21N3S2. The minimum Gasteiger partial charge on any atom is -0.362 e. The molecule has 4 rings (SSSR count). The molecule has 2 heterocycles. The van der Waals surface area contributed by atoms with E-state index in [1.54, 1.807) is 11.3 Å². The Morgan fingerprint density at radius 2 is 1.78 bits per heavy atom. The lowest BCUT2D eigenvalue weighted by molar-refractivity contribution is 0.752. The van der Waals surface area contributed by atoms with E-state index >= 15 is 0 Å². The molecule has 0 spiro atoms. The SMILES string of the molecule is S=C(NCc1ccccc1)NC[C@@H](c1cccs1)c1c[nH]c2ccccc12. The summed E-state index contributed by atoms with van der Waals surface area (Å²) in [5.41, 5.74) is 3.68. The molecule has 4 aromatic rings. The second kappa shape index (κ2) is 8.37. The number of H-pyrrole nitrogens is 1. The molecule has 0 amide bonds. The van der Waals surface area contributed by atoms with E-state index in [1.807, 2.05) is 18.2 Å². The number of aromatic amines is 1. The highest BCUT2D eigenvalue weighted by atomic mass is 32.1. The van der Waals surface area contributed by atoms with Crippen molar-refractivity contribution in [2.24, 2.45) is 0 Å². The quantitative estimate of drug-likeness (QED) is 0.404. The maximum absolute atomic E-state index is 5.50. The molecule has 0 unspecified atom stereocenters. The van der Waals surface area contributed by atoms with E-state index in [2.05, 4.69) is 75.7 Å². The number of hydrogen-bond donors (Lipinski definition) is 3. The van der Waals surface area contributed by atoms with Crippen LogP contribution < -0.4 is 10.6 Å². The fourth-order valence-electron chi connectivity index (χ4n) is 3.27. The van der Waals surface area contributed by atoms with Crippen molar-refractivity contribution >= 4 is 39.6 Å². The van der Waals surface area contributed by atoms with Gasteiger partial charge in [0.25, 0.3) is 0 Å². The summed E-state index contributed by atoms with van der Waals surface area (Å²) < 4.78 is 0. The van der Waals surface area contributed by atoms with Crippen LogP contribution in [0.1, 0.15) is 21.9 Å². The maximum Gasteiger partial charge on any atom is 0.166 e. The molecule has 5 heteroatoms. The number of rotatable bonds is 6. The van der Waals surface area contributed by atoms with Crippen LogP contribution in [0.25, 0.3) is 10.9 Å². The molecule has 136 valence electrons. The van der Waals surface area contributed by atoms with Gasteiger partial charge in [-0.05, 0) is 40.9 Å². The Morgan fingerprint density at radius 3 is 2.59 bits per heavy atom. The van der Waals surface area contributed by atoms with Gasteiger partial charge in [0.1, 0.15) is 0 Å². The molecule has 27 heavy (non-hydrogen) atoms. The summed E-state index contributed by atoms with van der Waals surface area (Å²) in [5.74, 6) is 0.248. The Hall–Kier alpha value is -2.63. The first-order chi connectivity index (χ1) is 13.3. The largest absolute Gasteiger partial charge is 0.362 e. The van der Waals surface area contributed by atoms with Crippen LogP contribution in [0.3, 0.4) is 0 Å². The van der Waals surface area contributed by atoms with Gasteiger partial charge < -0.3 is 15.6 Å². The lowest BCUT2D eigenvalue weighted by atomic mass is 9.97. The van der Waals surface area contributed by atoms with Crippen LogP contribution in [0.2, 0.25) is 0 Å². The first kappa shape index (κ1) is 17.8. The van der Waals surface area contributed by atoms with Gasteiger partial charge in [-0.1, -0.05) is 54.6 Å². The van der Waals surface area contributed by atoms with Crippen LogP contribution in [0.5, 0.6) is 0 Å². The van der Waals surface area contributed by atoms with Crippen molar-refractivity contribution in [3.05, 3.63) is 94.3 Å². The van der Waals surface area contributed by atoms with E-state index in [1.165, 1.54) is 26.9 Å². The molecule has 0 saturated carbocycles. The Morgan fingerprint density at radius 1 is 0.963 bits per heavy atom. The summed E-state index contributed by atoms with van der Waals surface area (Å²) in [6.45, 7) is 1.48. The van der Waals surface area contributed by atoms with Gasteiger partial charge >= 0.3 is 0 Å². The first-order valence-corrected chi connectivity index (χ1v) is 10.2. The third kappa shape index (κ3) is 4.21. The van der Waals surface area contributed by atoms with Crippen LogP contribution in [0, 0.1) is 0 Å². The van der Waals surface area contributed by atoms with Gasteiger partial charge in [-0.25, -0.2) is 0 Å². The van der Waals surface area contributed by atoms with Crippen LogP contribution in [-0.4, -0.2) is 16.6 Å². The molecule has 0 saturated heterocycles. The molecule has 0 fully saturated rings. The Kier molecular flexibility index (Phi) is 5.51. The Bertz CT molecular complexity index is 1010. The van der Waals surface area contributed by atoms with Gasteiger partial charge in [-0.3, -0.25) is 0 Å². The van der Waals surface area contributed by atoms with Crippen LogP contribution in [-0.2, 0) is 6.54 Å². The monoisotopic (exact) mass is 391 g/mol. The second-order valence-electron chi connectivity index (χ2n) is 6.41. The number of aromatic nitrogens is 1. The number of para-hydroxylation sites is 1. The zero-order valence-corrected chi connectivity index (χ0v) is 16.4. The molecule has 0 radical (unpaired) electrons. The summed E-state index contributed by atoms with van der Waals surface area (Å²) in [5, 5.41) is 10.8. The number of benzene rings is 2. The van der Waals surface area contributed by atoms with E-state index in [0.29, 0.717) is 5.11 Å². The zero-order chi connectivity index (χ0) is 18.5. The van der Waals surface area contributed by atoms with E-state index in [9.17, 15) is 0 Å². The van der Waals surface area contributed by atoms with Gasteiger partial charge in [-0.15, -0.1) is 11.3 Å². The summed E-state index contributed by atoms with van der Waals surface area (Å²) >= 11 is 7.28. The van der Waals surface area contributed by atoms with Gasteiger partial charge in [0.05, 0.1) is 0 Å². The predicted molar refractivity (Wildman–Crippen MR) is 118 cm³/mol. The van der Waals surface area contributed by atoms with E-state index in [4.69, 9.17) is 12.2 Å². The van der Waals surface area contributed by atoms with Crippen LogP contribution >= 0.6 is 23.6 Å². The topological polar surface area (TPSA) is 39.8 Å². The lowest BCUT2D eigenvalue weighted by Crippen LogP contribution is -2.37. The minimum absolute atomic E-state index is 0.248. The summed E-state index contributed by atoms with van der Waals surface area (Å²) in [6, 6.07) is 23.0. The smallest absolute Gasteiger partial charge is 0.166 e. The third-order valence-corrected chi connectivity index (χ3v) is 5.92. The zero-order valence-electron chi connectivity index (χ0n) is 14.8. The average Bonchev–Trinajstić information content (AvgIpc) is 3.38. The first-order valence-electron chi connectivity index (χ1n) is 8.96. The highest BCUT2D eigenvalue weighted by Crippen LogP contribution is 2.32. The standard InChI is InChI=1S/C22H21N3S2/c26-22(24-13-16-7-2-1-3-8-16)25-15-19(21-11-6-12-27-21)18-14-23-20-10-5-4-9-17(18)20/h1-12,14,19,23H,13,15H2,(H2,24,25,26)/t19-/m1/s1. The number of nitrogens with one attached hydrogen (secondary N) is 3. The van der Waals surface area contributed by atoms with Crippen molar-refractivity contribution in [2.45, 2.75) is 12.5 Å². The van der Waals surface area contributed by atoms with Gasteiger partial charge in [0.2, 0.25) is 0 Å². The molecule has 2 aromatic heterocycles. The summed E-state index contributed by atoms with van der Waals surface area (Å²) in [6.07, 6.45) is 2.12. The van der Waals surface area contributed by atoms with Crippen molar-refractivity contribution in [3.8, 4) is 0 Å². The van der Waals surface area contributed by atoms with Crippen molar-refractivity contribution in [2.75, 3.05) is 6.54 Å². The van der Waals surface area contributed by atoms with E-state index in [-0.39, 0.29) is 5.92 Å². The molecular weight excluding hydrogens is 370 g/mol. The number of thiocarbonyl (C=S) groups is 1. The van der Waals surface area contributed by atoms with Crippen molar-refractivity contribution in [1.82, 2.24) is 15.6 Å². The molecule has 0 aliphatic heterocycles. The van der Waals surface area contributed by atoms with Crippen molar-refractivity contribution in [1.29, 1.82) is 0 Å². The lowest BCUT2D eigenvalue weighted by Gasteiger charge is -2.18. The maximum atomic E-state index is 5.50. The fraction of sp³-hybridized carbons (Fsp3) is 0.136. The third-order valence-electron chi connectivity index (χ3n) is 4.65. The normalized spacial score (nSPS) is 12.0. The molecule has 1 atom stereocenters. The molecule has 0 aliphatic rings.